The van der Waals surface area contributed by atoms with Crippen LogP contribution in [0.5, 0.6) is 0 Å². The van der Waals surface area contributed by atoms with Crippen molar-refractivity contribution in [2.45, 2.75) is 107 Å². The van der Waals surface area contributed by atoms with Gasteiger partial charge < -0.3 is 0 Å². The molecule has 2 aliphatic rings. The third-order valence-electron chi connectivity index (χ3n) is 7.46. The zero-order valence-electron chi connectivity index (χ0n) is 24.4. The van der Waals surface area contributed by atoms with E-state index in [4.69, 9.17) is 0 Å². The van der Waals surface area contributed by atoms with E-state index < -0.39 is 23.3 Å². The Morgan fingerprint density at radius 2 is 0.595 bits per heavy atom. The summed E-state index contributed by atoms with van der Waals surface area (Å²) in [6, 6.07) is 5.27. The molecule has 0 heterocycles. The summed E-state index contributed by atoms with van der Waals surface area (Å²) >= 11 is 0. The summed E-state index contributed by atoms with van der Waals surface area (Å²) in [7, 11) is 0. The van der Waals surface area contributed by atoms with Crippen LogP contribution in [0.2, 0.25) is 0 Å². The Hall–Kier alpha value is -0.736. The molecule has 0 nitrogen and oxygen atoms in total. The first kappa shape index (κ1) is 36.3. The summed E-state index contributed by atoms with van der Waals surface area (Å²) in [5.74, 6) is 2.18. The molecular formula is C32H48F4Y. The molecule has 0 amide bonds. The summed E-state index contributed by atoms with van der Waals surface area (Å²) in [5.41, 5.74) is 1.40. The molecule has 207 valence electrons. The first-order chi connectivity index (χ1) is 16.8. The third-order valence-corrected chi connectivity index (χ3v) is 7.46. The van der Waals surface area contributed by atoms with Gasteiger partial charge in [0, 0.05) is 43.8 Å². The van der Waals surface area contributed by atoms with Crippen LogP contribution in [0.4, 0.5) is 17.6 Å². The number of hydrogen-bond acceptors (Lipinski definition) is 0. The van der Waals surface area contributed by atoms with Crippen LogP contribution in [0.1, 0.15) is 101 Å². The second-order valence-corrected chi connectivity index (χ2v) is 11.4. The Morgan fingerprint density at radius 1 is 0.432 bits per heavy atom. The summed E-state index contributed by atoms with van der Waals surface area (Å²) < 4.78 is 50.4. The maximum absolute atomic E-state index is 12.6. The largest absolute Gasteiger partial charge is 0.207 e. The van der Waals surface area contributed by atoms with Crippen molar-refractivity contribution in [3.8, 4) is 0 Å². The second-order valence-electron chi connectivity index (χ2n) is 11.4. The topological polar surface area (TPSA) is 0 Å². The van der Waals surface area contributed by atoms with Crippen LogP contribution in [-0.4, -0.2) is 0 Å². The number of rotatable bonds is 0. The van der Waals surface area contributed by atoms with E-state index in [1.54, 1.807) is 13.8 Å². The molecule has 0 aromatic heterocycles. The number of halogens is 4. The predicted octanol–water partition coefficient (Wildman–Crippen LogP) is 10.8. The van der Waals surface area contributed by atoms with Crippen LogP contribution in [0.25, 0.3) is 0 Å². The zero-order valence-corrected chi connectivity index (χ0v) is 27.2. The van der Waals surface area contributed by atoms with Crippen molar-refractivity contribution in [1.29, 1.82) is 0 Å². The Bertz CT molecular complexity index is 769. The average molecular weight is 598 g/mol. The summed E-state index contributed by atoms with van der Waals surface area (Å²) in [6.45, 7) is 15.6. The summed E-state index contributed by atoms with van der Waals surface area (Å²) in [5, 5.41) is 0. The molecule has 2 aromatic rings. The Labute approximate surface area is 249 Å². The molecule has 2 saturated carbocycles. The van der Waals surface area contributed by atoms with Crippen molar-refractivity contribution >= 4 is 0 Å². The Balaban J connectivity index is 0.000000465. The maximum atomic E-state index is 12.6. The number of aryl methyl sites for hydroxylation is 2. The molecule has 0 unspecified atom stereocenters. The summed E-state index contributed by atoms with van der Waals surface area (Å²) in [4.78, 5) is 0. The first-order valence-corrected chi connectivity index (χ1v) is 13.6. The SMILES string of the molecule is CC1CCC(C)CC1.CC1CCC(C)CC1.Cc1cc(F)c(C)c(F)c1.Cc1cc(F)c(C)c(F)c1.[Y]. The van der Waals surface area contributed by atoms with E-state index in [-0.39, 0.29) is 43.8 Å². The summed E-state index contributed by atoms with van der Waals surface area (Å²) in [6.07, 6.45) is 11.8. The van der Waals surface area contributed by atoms with Gasteiger partial charge in [-0.15, -0.1) is 0 Å². The van der Waals surface area contributed by atoms with E-state index in [2.05, 4.69) is 27.7 Å². The molecule has 0 spiro atoms. The first-order valence-electron chi connectivity index (χ1n) is 13.6. The second kappa shape index (κ2) is 18.5. The van der Waals surface area contributed by atoms with Gasteiger partial charge in [-0.05, 0) is 86.8 Å². The van der Waals surface area contributed by atoms with E-state index in [1.165, 1.54) is 89.5 Å². The quantitative estimate of drug-likeness (QED) is 0.265. The molecule has 0 saturated heterocycles. The van der Waals surface area contributed by atoms with Gasteiger partial charge in [0.05, 0.1) is 0 Å². The maximum Gasteiger partial charge on any atom is 0.129 e. The fourth-order valence-corrected chi connectivity index (χ4v) is 4.40. The van der Waals surface area contributed by atoms with Crippen LogP contribution < -0.4 is 0 Å². The smallest absolute Gasteiger partial charge is 0.129 e. The zero-order chi connectivity index (χ0) is 27.4. The predicted molar refractivity (Wildman–Crippen MR) is 145 cm³/mol. The molecular weight excluding hydrogens is 549 g/mol. The van der Waals surface area contributed by atoms with Crippen molar-refractivity contribution in [1.82, 2.24) is 0 Å². The van der Waals surface area contributed by atoms with Crippen molar-refractivity contribution < 1.29 is 50.3 Å². The third kappa shape index (κ3) is 14.8. The molecule has 2 aromatic carbocycles. The molecule has 5 heteroatoms. The van der Waals surface area contributed by atoms with Crippen molar-refractivity contribution in [3.05, 3.63) is 69.8 Å². The minimum Gasteiger partial charge on any atom is -0.207 e. The fraction of sp³-hybridized carbons (Fsp3) is 0.625. The van der Waals surface area contributed by atoms with E-state index >= 15 is 0 Å². The minimum atomic E-state index is -0.475. The van der Waals surface area contributed by atoms with Crippen LogP contribution in [0.3, 0.4) is 0 Å². The van der Waals surface area contributed by atoms with Gasteiger partial charge in [-0.25, -0.2) is 17.6 Å². The van der Waals surface area contributed by atoms with Gasteiger partial charge in [-0.3, -0.25) is 0 Å². The van der Waals surface area contributed by atoms with Gasteiger partial charge in [0.2, 0.25) is 0 Å². The Morgan fingerprint density at radius 3 is 0.757 bits per heavy atom. The molecule has 0 bridgehead atoms. The van der Waals surface area contributed by atoms with Crippen LogP contribution in [0, 0.1) is 74.6 Å². The van der Waals surface area contributed by atoms with Gasteiger partial charge >= 0.3 is 0 Å². The standard InChI is InChI=1S/2C8H8F2.2C8H16.Y/c2*1-5-3-7(9)6(2)8(10)4-5;2*1-7-3-5-8(2)6-4-7;/h2*3-4H,1-2H3;2*7-8H,3-6H2,1-2H3;. The number of hydrogen-bond donors (Lipinski definition) is 0. The van der Waals surface area contributed by atoms with Crippen molar-refractivity contribution in [2.75, 3.05) is 0 Å². The average Bonchev–Trinajstić information content (AvgIpc) is 2.81. The van der Waals surface area contributed by atoms with E-state index in [1.807, 2.05) is 0 Å². The molecule has 4 rings (SSSR count). The van der Waals surface area contributed by atoms with Crippen LogP contribution in [-0.2, 0) is 32.7 Å². The van der Waals surface area contributed by atoms with Crippen LogP contribution in [0.15, 0.2) is 24.3 Å². The van der Waals surface area contributed by atoms with E-state index in [0.29, 0.717) is 11.1 Å². The van der Waals surface area contributed by atoms with E-state index in [9.17, 15) is 17.6 Å². The van der Waals surface area contributed by atoms with Crippen LogP contribution >= 0.6 is 0 Å². The molecule has 1 radical (unpaired) electrons. The molecule has 37 heavy (non-hydrogen) atoms. The van der Waals surface area contributed by atoms with Gasteiger partial charge in [0.25, 0.3) is 0 Å². The van der Waals surface area contributed by atoms with Gasteiger partial charge in [-0.2, -0.15) is 0 Å². The Kier molecular flexibility index (Phi) is 18.2. The molecule has 2 aliphatic carbocycles. The van der Waals surface area contributed by atoms with Crippen molar-refractivity contribution in [3.63, 3.8) is 0 Å². The molecule has 0 atom stereocenters. The molecule has 0 N–H and O–H groups in total. The van der Waals surface area contributed by atoms with Gasteiger partial charge in [0.15, 0.2) is 0 Å². The van der Waals surface area contributed by atoms with Gasteiger partial charge in [-0.1, -0.05) is 79.1 Å². The van der Waals surface area contributed by atoms with Gasteiger partial charge in [0.1, 0.15) is 23.3 Å². The van der Waals surface area contributed by atoms with Crippen molar-refractivity contribution in [2.24, 2.45) is 23.7 Å². The molecule has 2 fully saturated rings. The fourth-order valence-electron chi connectivity index (χ4n) is 4.40. The normalized spacial score (nSPS) is 22.6. The van der Waals surface area contributed by atoms with E-state index in [0.717, 1.165) is 23.7 Å². The monoisotopic (exact) mass is 597 g/mol. The number of benzene rings is 2. The minimum absolute atomic E-state index is 0. The molecule has 0 aliphatic heterocycles.